The van der Waals surface area contributed by atoms with E-state index in [1.807, 2.05) is 47.2 Å². The van der Waals surface area contributed by atoms with Crippen LogP contribution in [0, 0.1) is 0 Å². The molecule has 0 spiro atoms. The van der Waals surface area contributed by atoms with Crippen LogP contribution in [0.5, 0.6) is 5.75 Å². The fourth-order valence-corrected chi connectivity index (χ4v) is 4.92. The Bertz CT molecular complexity index is 1520. The van der Waals surface area contributed by atoms with Crippen molar-refractivity contribution in [1.82, 2.24) is 4.72 Å². The Labute approximate surface area is 210 Å². The van der Waals surface area contributed by atoms with Gasteiger partial charge in [0.1, 0.15) is 17.3 Å². The molecule has 0 radical (unpaired) electrons. The molecule has 0 unspecified atom stereocenters. The van der Waals surface area contributed by atoms with Gasteiger partial charge in [0.15, 0.2) is 0 Å². The zero-order chi connectivity index (χ0) is 25.5. The first-order chi connectivity index (χ1) is 17.4. The van der Waals surface area contributed by atoms with E-state index in [2.05, 4.69) is 5.32 Å². The lowest BCUT2D eigenvalue weighted by atomic mass is 10.1. The van der Waals surface area contributed by atoms with Crippen LogP contribution in [0.15, 0.2) is 95.9 Å². The SMILES string of the molecule is CCCC(=O)NS(=O)(=O)c1ccccc1NC(=O)c1ccccc1OCc1ccc2ccccc2c1. The third-order valence-electron chi connectivity index (χ3n) is 5.49. The van der Waals surface area contributed by atoms with Gasteiger partial charge < -0.3 is 10.1 Å². The highest BCUT2D eigenvalue weighted by Gasteiger charge is 2.22. The van der Waals surface area contributed by atoms with E-state index in [4.69, 9.17) is 4.74 Å². The number of nitrogens with one attached hydrogen (secondary N) is 2. The number of amides is 2. The second kappa shape index (κ2) is 11.0. The average Bonchev–Trinajstić information content (AvgIpc) is 2.87. The minimum atomic E-state index is -4.16. The molecule has 4 rings (SSSR count). The van der Waals surface area contributed by atoms with Crippen molar-refractivity contribution in [3.63, 3.8) is 0 Å². The molecule has 36 heavy (non-hydrogen) atoms. The predicted octanol–water partition coefficient (Wildman–Crippen LogP) is 5.28. The standard InChI is InChI=1S/C28H26N2O5S/c1-2-9-27(31)30-36(33,34)26-15-8-6-13-24(26)29-28(32)23-12-5-7-14-25(23)35-19-20-16-17-21-10-3-4-11-22(21)18-20/h3-8,10-18H,2,9,19H2,1H3,(H,29,32)(H,30,31). The lowest BCUT2D eigenvalue weighted by Gasteiger charge is -2.14. The molecule has 4 aromatic carbocycles. The van der Waals surface area contributed by atoms with Crippen LogP contribution in [0.1, 0.15) is 35.7 Å². The summed E-state index contributed by atoms with van der Waals surface area (Å²) in [4.78, 5) is 24.9. The van der Waals surface area contributed by atoms with E-state index in [0.717, 1.165) is 16.3 Å². The molecule has 0 aliphatic carbocycles. The molecular formula is C28H26N2O5S. The maximum atomic E-state index is 13.2. The van der Waals surface area contributed by atoms with Crippen LogP contribution in [0.25, 0.3) is 10.8 Å². The van der Waals surface area contributed by atoms with Crippen molar-refractivity contribution in [3.05, 3.63) is 102 Å². The molecule has 2 amide bonds. The number of benzene rings is 4. The molecule has 0 aliphatic rings. The summed E-state index contributed by atoms with van der Waals surface area (Å²) >= 11 is 0. The summed E-state index contributed by atoms with van der Waals surface area (Å²) in [6, 6.07) is 26.7. The molecule has 4 aromatic rings. The van der Waals surface area contributed by atoms with Gasteiger partial charge in [0.05, 0.1) is 11.3 Å². The third-order valence-corrected chi connectivity index (χ3v) is 6.92. The van der Waals surface area contributed by atoms with E-state index in [9.17, 15) is 18.0 Å². The zero-order valence-corrected chi connectivity index (χ0v) is 20.5. The van der Waals surface area contributed by atoms with E-state index in [1.54, 1.807) is 37.3 Å². The molecule has 0 aliphatic heterocycles. The number of rotatable bonds is 9. The molecule has 0 bridgehead atoms. The van der Waals surface area contributed by atoms with Gasteiger partial charge >= 0.3 is 0 Å². The van der Waals surface area contributed by atoms with Crippen molar-refractivity contribution in [3.8, 4) is 5.75 Å². The number of carbonyl (C=O) groups excluding carboxylic acids is 2. The first-order valence-electron chi connectivity index (χ1n) is 11.5. The minimum absolute atomic E-state index is 0.0589. The molecule has 0 atom stereocenters. The van der Waals surface area contributed by atoms with Gasteiger partial charge in [-0.1, -0.05) is 67.6 Å². The molecule has 7 nitrogen and oxygen atoms in total. The summed E-state index contributed by atoms with van der Waals surface area (Å²) in [5.41, 5.74) is 1.26. The van der Waals surface area contributed by atoms with Crippen LogP contribution in [-0.2, 0) is 21.4 Å². The molecule has 0 fully saturated rings. The molecule has 0 saturated heterocycles. The van der Waals surface area contributed by atoms with Gasteiger partial charge in [0.2, 0.25) is 5.91 Å². The number of hydrogen-bond donors (Lipinski definition) is 2. The van der Waals surface area contributed by atoms with E-state index in [1.165, 1.54) is 18.2 Å². The quantitative estimate of drug-likeness (QED) is 0.324. The summed E-state index contributed by atoms with van der Waals surface area (Å²) < 4.78 is 33.6. The van der Waals surface area contributed by atoms with Crippen LogP contribution in [0.3, 0.4) is 0 Å². The molecule has 0 aromatic heterocycles. The van der Waals surface area contributed by atoms with Crippen molar-refractivity contribution in [1.29, 1.82) is 0 Å². The number of ether oxygens (including phenoxy) is 1. The summed E-state index contributed by atoms with van der Waals surface area (Å²) in [7, 11) is -4.16. The Morgan fingerprint density at radius 2 is 1.53 bits per heavy atom. The third kappa shape index (κ3) is 5.90. The first kappa shape index (κ1) is 24.9. The lowest BCUT2D eigenvalue weighted by molar-refractivity contribution is -0.119. The highest BCUT2D eigenvalue weighted by molar-refractivity contribution is 7.90. The summed E-state index contributed by atoms with van der Waals surface area (Å²) in [5.74, 6) is -0.780. The molecule has 184 valence electrons. The maximum Gasteiger partial charge on any atom is 0.266 e. The predicted molar refractivity (Wildman–Crippen MR) is 139 cm³/mol. The number of fused-ring (bicyclic) bond motifs is 1. The van der Waals surface area contributed by atoms with Crippen LogP contribution in [0.4, 0.5) is 5.69 Å². The van der Waals surface area contributed by atoms with Gasteiger partial charge in [-0.2, -0.15) is 0 Å². The monoisotopic (exact) mass is 502 g/mol. The van der Waals surface area contributed by atoms with Crippen molar-refractivity contribution < 1.29 is 22.7 Å². The largest absolute Gasteiger partial charge is 0.488 e. The van der Waals surface area contributed by atoms with Gasteiger partial charge in [-0.25, -0.2) is 13.1 Å². The summed E-state index contributed by atoms with van der Waals surface area (Å²) in [6.45, 7) is 2.03. The second-order valence-electron chi connectivity index (χ2n) is 8.20. The zero-order valence-electron chi connectivity index (χ0n) is 19.7. The lowest BCUT2D eigenvalue weighted by Crippen LogP contribution is -2.31. The highest BCUT2D eigenvalue weighted by atomic mass is 32.2. The average molecular weight is 503 g/mol. The topological polar surface area (TPSA) is 102 Å². The Morgan fingerprint density at radius 3 is 2.33 bits per heavy atom. The molecule has 0 saturated carbocycles. The van der Waals surface area contributed by atoms with Crippen LogP contribution < -0.4 is 14.8 Å². The molecule has 2 N–H and O–H groups in total. The normalized spacial score (nSPS) is 11.1. The van der Waals surface area contributed by atoms with Crippen molar-refractivity contribution in [2.75, 3.05) is 5.32 Å². The highest BCUT2D eigenvalue weighted by Crippen LogP contribution is 2.25. The number of carbonyl (C=O) groups is 2. The molecule has 0 heterocycles. The van der Waals surface area contributed by atoms with E-state index < -0.39 is 21.8 Å². The van der Waals surface area contributed by atoms with Gasteiger partial charge in [0, 0.05) is 6.42 Å². The van der Waals surface area contributed by atoms with Crippen LogP contribution >= 0.6 is 0 Å². The number of sulfonamides is 1. The van der Waals surface area contributed by atoms with Gasteiger partial charge in [-0.15, -0.1) is 0 Å². The first-order valence-corrected chi connectivity index (χ1v) is 13.0. The van der Waals surface area contributed by atoms with Crippen LogP contribution in [-0.4, -0.2) is 20.2 Å². The fraction of sp³-hybridized carbons (Fsp3) is 0.143. The number of para-hydroxylation sites is 2. The fourth-order valence-electron chi connectivity index (χ4n) is 3.75. The van der Waals surface area contributed by atoms with Gasteiger partial charge in [0.25, 0.3) is 15.9 Å². The maximum absolute atomic E-state index is 13.2. The second-order valence-corrected chi connectivity index (χ2v) is 9.85. The number of hydrogen-bond acceptors (Lipinski definition) is 5. The molecular weight excluding hydrogens is 476 g/mol. The van der Waals surface area contributed by atoms with E-state index in [0.29, 0.717) is 12.2 Å². The Kier molecular flexibility index (Phi) is 7.65. The Balaban J connectivity index is 1.53. The minimum Gasteiger partial charge on any atom is -0.488 e. The van der Waals surface area contributed by atoms with E-state index in [-0.39, 0.29) is 29.2 Å². The van der Waals surface area contributed by atoms with Crippen molar-refractivity contribution in [2.45, 2.75) is 31.3 Å². The molecule has 8 heteroatoms. The Hall–Kier alpha value is -4.17. The number of anilines is 1. The van der Waals surface area contributed by atoms with Gasteiger partial charge in [-0.3, -0.25) is 9.59 Å². The summed E-state index contributed by atoms with van der Waals surface area (Å²) in [6.07, 6.45) is 0.589. The van der Waals surface area contributed by atoms with Crippen molar-refractivity contribution in [2.24, 2.45) is 0 Å². The van der Waals surface area contributed by atoms with Crippen molar-refractivity contribution >= 4 is 38.3 Å². The Morgan fingerprint density at radius 1 is 0.833 bits per heavy atom. The summed E-state index contributed by atoms with van der Waals surface area (Å²) in [5, 5.41) is 4.87. The van der Waals surface area contributed by atoms with Crippen LogP contribution in [0.2, 0.25) is 0 Å². The van der Waals surface area contributed by atoms with Gasteiger partial charge in [-0.05, 0) is 53.1 Å². The smallest absolute Gasteiger partial charge is 0.266 e. The van der Waals surface area contributed by atoms with E-state index >= 15 is 0 Å².